The van der Waals surface area contributed by atoms with Crippen molar-refractivity contribution >= 4 is 23.4 Å². The van der Waals surface area contributed by atoms with E-state index in [1.807, 2.05) is 12.1 Å². The second-order valence-corrected chi connectivity index (χ2v) is 6.46. The summed E-state index contributed by atoms with van der Waals surface area (Å²) in [6.07, 6.45) is 3.01. The van der Waals surface area contributed by atoms with Gasteiger partial charge in [0.05, 0.1) is 24.8 Å². The van der Waals surface area contributed by atoms with Gasteiger partial charge < -0.3 is 19.1 Å². The lowest BCUT2D eigenvalue weighted by Crippen LogP contribution is -2.38. The third kappa shape index (κ3) is 4.38. The molecule has 138 valence electrons. The Hall–Kier alpha value is -2.47. The molecule has 1 aromatic carbocycles. The molecule has 0 atom stereocenters. The van der Waals surface area contributed by atoms with Crippen molar-refractivity contribution in [2.45, 2.75) is 18.9 Å². The minimum absolute atomic E-state index is 0.122. The molecule has 1 aliphatic rings. The van der Waals surface area contributed by atoms with E-state index in [4.69, 9.17) is 25.8 Å². The second kappa shape index (κ2) is 8.27. The number of piperidine rings is 1. The van der Waals surface area contributed by atoms with Crippen LogP contribution in [0.25, 0.3) is 0 Å². The van der Waals surface area contributed by atoms with E-state index < -0.39 is 0 Å². The molecule has 1 fully saturated rings. The van der Waals surface area contributed by atoms with Gasteiger partial charge in [-0.25, -0.2) is 9.78 Å². The number of nitrogens with zero attached hydrogens (tertiary/aromatic N) is 2. The molecule has 0 unspecified atom stereocenters. The van der Waals surface area contributed by atoms with Gasteiger partial charge >= 0.3 is 5.97 Å². The van der Waals surface area contributed by atoms with Gasteiger partial charge in [-0.05, 0) is 24.3 Å². The van der Waals surface area contributed by atoms with Gasteiger partial charge in [0, 0.05) is 38.2 Å². The van der Waals surface area contributed by atoms with Gasteiger partial charge in [0.15, 0.2) is 0 Å². The number of ether oxygens (including phenoxy) is 3. The molecule has 0 spiro atoms. The van der Waals surface area contributed by atoms with E-state index in [9.17, 15) is 4.79 Å². The van der Waals surface area contributed by atoms with Crippen LogP contribution in [-0.2, 0) is 4.74 Å². The van der Waals surface area contributed by atoms with Crippen molar-refractivity contribution in [3.63, 3.8) is 0 Å². The molecule has 7 heteroatoms. The highest BCUT2D eigenvalue weighted by Gasteiger charge is 2.24. The van der Waals surface area contributed by atoms with Crippen molar-refractivity contribution in [2.24, 2.45) is 0 Å². The van der Waals surface area contributed by atoms with Gasteiger partial charge in [-0.3, -0.25) is 0 Å². The average molecular weight is 377 g/mol. The molecule has 0 amide bonds. The highest BCUT2D eigenvalue weighted by Crippen LogP contribution is 2.25. The fourth-order valence-corrected chi connectivity index (χ4v) is 3.01. The number of methoxy groups -OCH3 is 2. The number of hydrogen-bond acceptors (Lipinski definition) is 6. The number of carbonyl (C=O) groups is 1. The van der Waals surface area contributed by atoms with Crippen molar-refractivity contribution in [1.29, 1.82) is 0 Å². The van der Waals surface area contributed by atoms with Crippen molar-refractivity contribution in [2.75, 3.05) is 32.2 Å². The normalized spacial score (nSPS) is 14.8. The Labute approximate surface area is 157 Å². The number of benzene rings is 1. The quantitative estimate of drug-likeness (QED) is 0.743. The molecule has 2 heterocycles. The molecule has 0 N–H and O–H groups in total. The lowest BCUT2D eigenvalue weighted by Gasteiger charge is -2.32. The van der Waals surface area contributed by atoms with E-state index in [1.165, 1.54) is 0 Å². The maximum atomic E-state index is 12.5. The number of anilines is 1. The highest BCUT2D eigenvalue weighted by molar-refractivity contribution is 6.30. The summed E-state index contributed by atoms with van der Waals surface area (Å²) in [5, 5.41) is 0.617. The van der Waals surface area contributed by atoms with Crippen molar-refractivity contribution in [1.82, 2.24) is 4.98 Å². The summed E-state index contributed by atoms with van der Waals surface area (Å²) in [6, 6.07) is 8.74. The predicted octanol–water partition coefficient (Wildman–Crippen LogP) is 3.58. The summed E-state index contributed by atoms with van der Waals surface area (Å²) >= 11 is 5.88. The summed E-state index contributed by atoms with van der Waals surface area (Å²) in [6.45, 7) is 1.54. The number of aromatic nitrogens is 1. The van der Waals surface area contributed by atoms with E-state index >= 15 is 0 Å². The molecule has 1 aliphatic heterocycles. The number of hydrogen-bond donors (Lipinski definition) is 0. The van der Waals surface area contributed by atoms with Crippen molar-refractivity contribution in [3.05, 3.63) is 47.1 Å². The molecular formula is C19H21ClN2O4. The Morgan fingerprint density at radius 1 is 1.12 bits per heavy atom. The Kier molecular flexibility index (Phi) is 5.83. The van der Waals surface area contributed by atoms with E-state index in [1.54, 1.807) is 38.6 Å². The fourth-order valence-electron chi connectivity index (χ4n) is 2.90. The van der Waals surface area contributed by atoms with Gasteiger partial charge in [0.2, 0.25) is 0 Å². The molecule has 0 aliphatic carbocycles. The first-order valence-corrected chi connectivity index (χ1v) is 8.77. The zero-order chi connectivity index (χ0) is 18.5. The summed E-state index contributed by atoms with van der Waals surface area (Å²) in [5.74, 6) is 1.63. The zero-order valence-electron chi connectivity index (χ0n) is 14.8. The number of pyridine rings is 1. The molecule has 0 radical (unpaired) electrons. The van der Waals surface area contributed by atoms with Gasteiger partial charge in [-0.2, -0.15) is 0 Å². The van der Waals surface area contributed by atoms with Crippen LogP contribution in [0.3, 0.4) is 0 Å². The van der Waals surface area contributed by atoms with Crippen LogP contribution in [0.15, 0.2) is 36.5 Å². The smallest absolute Gasteiger partial charge is 0.338 e. The van der Waals surface area contributed by atoms with Crippen LogP contribution in [0.5, 0.6) is 11.5 Å². The van der Waals surface area contributed by atoms with Gasteiger partial charge in [0.1, 0.15) is 23.4 Å². The molecule has 2 aromatic rings. The van der Waals surface area contributed by atoms with Crippen LogP contribution in [0.4, 0.5) is 5.82 Å². The van der Waals surface area contributed by atoms with E-state index in [0.29, 0.717) is 22.1 Å². The van der Waals surface area contributed by atoms with E-state index in [0.717, 1.165) is 31.7 Å². The summed E-state index contributed by atoms with van der Waals surface area (Å²) < 4.78 is 16.1. The summed E-state index contributed by atoms with van der Waals surface area (Å²) in [5.41, 5.74) is 0.419. The van der Waals surface area contributed by atoms with Gasteiger partial charge in [-0.1, -0.05) is 11.6 Å². The summed E-state index contributed by atoms with van der Waals surface area (Å²) in [7, 11) is 3.09. The number of carbonyl (C=O) groups excluding carboxylic acids is 1. The van der Waals surface area contributed by atoms with Crippen LogP contribution in [0.1, 0.15) is 23.2 Å². The molecule has 3 rings (SSSR count). The second-order valence-electron chi connectivity index (χ2n) is 6.03. The molecule has 0 bridgehead atoms. The lowest BCUT2D eigenvalue weighted by molar-refractivity contribution is 0.0244. The van der Waals surface area contributed by atoms with Crippen LogP contribution in [0, 0.1) is 0 Å². The lowest BCUT2D eigenvalue weighted by atomic mass is 10.1. The maximum Gasteiger partial charge on any atom is 0.338 e. The maximum absolute atomic E-state index is 12.5. The molecule has 6 nitrogen and oxygen atoms in total. The van der Waals surface area contributed by atoms with Gasteiger partial charge in [0.25, 0.3) is 0 Å². The average Bonchev–Trinajstić information content (AvgIpc) is 2.68. The molecule has 1 aromatic heterocycles. The molecule has 26 heavy (non-hydrogen) atoms. The third-order valence-corrected chi connectivity index (χ3v) is 4.56. The SMILES string of the molecule is COc1cc(OC)cc(C(=O)OC2CCN(c3ccc(Cl)cn3)CC2)c1. The Morgan fingerprint density at radius 3 is 2.31 bits per heavy atom. The first kappa shape index (κ1) is 18.3. The first-order chi connectivity index (χ1) is 12.6. The van der Waals surface area contributed by atoms with Crippen molar-refractivity contribution in [3.8, 4) is 11.5 Å². The van der Waals surface area contributed by atoms with Crippen LogP contribution < -0.4 is 14.4 Å². The van der Waals surface area contributed by atoms with Crippen LogP contribution in [-0.4, -0.2) is 44.4 Å². The number of rotatable bonds is 5. The van der Waals surface area contributed by atoms with Gasteiger partial charge in [-0.15, -0.1) is 0 Å². The minimum atomic E-state index is -0.370. The molecule has 1 saturated heterocycles. The highest BCUT2D eigenvalue weighted by atomic mass is 35.5. The standard InChI is InChI=1S/C19H21ClN2O4/c1-24-16-9-13(10-17(11-16)25-2)19(23)26-15-5-7-22(8-6-15)18-4-3-14(20)12-21-18/h3-4,9-12,15H,5-8H2,1-2H3. The largest absolute Gasteiger partial charge is 0.497 e. The topological polar surface area (TPSA) is 60.9 Å². The third-order valence-electron chi connectivity index (χ3n) is 4.34. The Morgan fingerprint density at radius 2 is 1.77 bits per heavy atom. The first-order valence-electron chi connectivity index (χ1n) is 8.39. The molecular weight excluding hydrogens is 356 g/mol. The Bertz CT molecular complexity index is 736. The molecule has 0 saturated carbocycles. The van der Waals surface area contributed by atoms with Crippen molar-refractivity contribution < 1.29 is 19.0 Å². The number of esters is 1. The van der Waals surface area contributed by atoms with Crippen LogP contribution >= 0.6 is 11.6 Å². The van der Waals surface area contributed by atoms with Crippen LogP contribution in [0.2, 0.25) is 5.02 Å². The fraction of sp³-hybridized carbons (Fsp3) is 0.368. The summed E-state index contributed by atoms with van der Waals surface area (Å²) in [4.78, 5) is 19.0. The minimum Gasteiger partial charge on any atom is -0.497 e. The monoisotopic (exact) mass is 376 g/mol. The predicted molar refractivity (Wildman–Crippen MR) is 99.4 cm³/mol. The Balaban J connectivity index is 1.59. The van der Waals surface area contributed by atoms with E-state index in [-0.39, 0.29) is 12.1 Å². The number of halogens is 1. The van der Waals surface area contributed by atoms with E-state index in [2.05, 4.69) is 9.88 Å². The zero-order valence-corrected chi connectivity index (χ0v) is 15.5.